The molecule has 0 aromatic heterocycles. The summed E-state index contributed by atoms with van der Waals surface area (Å²) in [6.45, 7) is 5.51. The molecule has 0 aliphatic carbocycles. The summed E-state index contributed by atoms with van der Waals surface area (Å²) in [6, 6.07) is 8.47. The lowest BCUT2D eigenvalue weighted by Crippen LogP contribution is -2.56. The molecule has 4 atom stereocenters. The smallest absolute Gasteiger partial charge is 0.327 e. The van der Waals surface area contributed by atoms with Gasteiger partial charge in [-0.25, -0.2) is 0 Å². The minimum absolute atomic E-state index is 0.0857. The Labute approximate surface area is 158 Å². The maximum atomic E-state index is 12.9. The van der Waals surface area contributed by atoms with E-state index in [0.717, 1.165) is 5.56 Å². The highest BCUT2D eigenvalue weighted by atomic mass is 16.5. The predicted molar refractivity (Wildman–Crippen MR) is 97.5 cm³/mol. The monoisotopic (exact) mass is 375 g/mol. The van der Waals surface area contributed by atoms with E-state index in [1.54, 1.807) is 6.92 Å². The molecule has 1 saturated heterocycles. The summed E-state index contributed by atoms with van der Waals surface area (Å²) in [5.74, 6) is -4.02. The maximum absolute atomic E-state index is 12.9. The molecule has 7 nitrogen and oxygen atoms in total. The van der Waals surface area contributed by atoms with Crippen LogP contribution < -0.4 is 5.32 Å². The molecule has 1 aliphatic rings. The number of hydrogen-bond donors (Lipinski definition) is 1. The highest BCUT2D eigenvalue weighted by Crippen LogP contribution is 2.46. The Morgan fingerprint density at radius 2 is 1.78 bits per heavy atom. The second-order valence-corrected chi connectivity index (χ2v) is 6.27. The highest BCUT2D eigenvalue weighted by Gasteiger charge is 2.64. The molecule has 0 spiro atoms. The Kier molecular flexibility index (Phi) is 6.74. The first kappa shape index (κ1) is 20.6. The van der Waals surface area contributed by atoms with Gasteiger partial charge in [-0.3, -0.25) is 19.7 Å². The number of hydrogen-bond acceptors (Lipinski definition) is 7. The van der Waals surface area contributed by atoms with Crippen LogP contribution in [-0.2, 0) is 28.6 Å². The van der Waals surface area contributed by atoms with E-state index in [1.807, 2.05) is 30.3 Å². The van der Waals surface area contributed by atoms with Crippen molar-refractivity contribution in [3.63, 3.8) is 0 Å². The van der Waals surface area contributed by atoms with Gasteiger partial charge in [-0.05, 0) is 18.9 Å². The van der Waals surface area contributed by atoms with Crippen LogP contribution in [0.5, 0.6) is 0 Å². The number of carbonyl (C=O) groups is 3. The topological polar surface area (TPSA) is 90.9 Å². The Bertz CT molecular complexity index is 704. The van der Waals surface area contributed by atoms with Gasteiger partial charge in [0.15, 0.2) is 0 Å². The Hall–Kier alpha value is -2.67. The van der Waals surface area contributed by atoms with Crippen LogP contribution in [0, 0.1) is 11.8 Å². The molecule has 2 rings (SSSR count). The molecule has 1 fully saturated rings. The lowest BCUT2D eigenvalue weighted by molar-refractivity contribution is -0.165. The molecule has 27 heavy (non-hydrogen) atoms. The van der Waals surface area contributed by atoms with Crippen molar-refractivity contribution in [2.45, 2.75) is 24.9 Å². The minimum Gasteiger partial charge on any atom is -0.469 e. The molecule has 0 radical (unpaired) electrons. The summed E-state index contributed by atoms with van der Waals surface area (Å²) in [4.78, 5) is 38.3. The van der Waals surface area contributed by atoms with Crippen molar-refractivity contribution >= 4 is 17.9 Å². The summed E-state index contributed by atoms with van der Waals surface area (Å²) in [7, 11) is 2.47. The molecular weight excluding hydrogens is 350 g/mol. The molecule has 146 valence electrons. The average Bonchev–Trinajstić information content (AvgIpc) is 3.04. The number of carbonyl (C=O) groups excluding carboxylic acids is 3. The molecule has 7 heteroatoms. The normalized spacial score (nSPS) is 26.9. The van der Waals surface area contributed by atoms with E-state index in [9.17, 15) is 14.4 Å². The zero-order valence-electron chi connectivity index (χ0n) is 15.8. The molecule has 1 heterocycles. The summed E-state index contributed by atoms with van der Waals surface area (Å²) < 4.78 is 15.1. The Morgan fingerprint density at radius 1 is 1.15 bits per heavy atom. The second kappa shape index (κ2) is 8.81. The SMILES string of the molecule is C=CC[C@@]1(C(=O)OCC)N[C@H](c2ccccc2)[C@H](C(=O)OC)[C@H]1C(=O)OC. The van der Waals surface area contributed by atoms with Crippen LogP contribution in [0.2, 0.25) is 0 Å². The molecule has 0 saturated carbocycles. The van der Waals surface area contributed by atoms with Gasteiger partial charge in [0.25, 0.3) is 0 Å². The van der Waals surface area contributed by atoms with Crippen molar-refractivity contribution in [2.24, 2.45) is 11.8 Å². The third-order valence-electron chi connectivity index (χ3n) is 4.86. The van der Waals surface area contributed by atoms with E-state index in [0.29, 0.717) is 0 Å². The van der Waals surface area contributed by atoms with Crippen LogP contribution >= 0.6 is 0 Å². The standard InChI is InChI=1S/C20H25NO6/c1-5-12-20(19(24)27-6-2)15(18(23)26-4)14(17(22)25-3)16(21-20)13-10-8-7-9-11-13/h5,7-11,14-16,21H,1,6,12H2,2-4H3/t14-,15+,16-,20-/m1/s1. The summed E-state index contributed by atoms with van der Waals surface area (Å²) in [5.41, 5.74) is -0.735. The van der Waals surface area contributed by atoms with Gasteiger partial charge in [-0.1, -0.05) is 36.4 Å². The van der Waals surface area contributed by atoms with Crippen molar-refractivity contribution in [2.75, 3.05) is 20.8 Å². The lowest BCUT2D eigenvalue weighted by Gasteiger charge is -2.31. The molecule has 0 bridgehead atoms. The fourth-order valence-electron chi connectivity index (χ4n) is 3.73. The zero-order valence-corrected chi connectivity index (χ0v) is 15.8. The van der Waals surface area contributed by atoms with Gasteiger partial charge >= 0.3 is 17.9 Å². The van der Waals surface area contributed by atoms with Crippen LogP contribution in [0.4, 0.5) is 0 Å². The van der Waals surface area contributed by atoms with Crippen LogP contribution in [0.1, 0.15) is 24.9 Å². The zero-order chi connectivity index (χ0) is 20.0. The summed E-state index contributed by atoms with van der Waals surface area (Å²) in [5, 5.41) is 3.19. The number of benzene rings is 1. The lowest BCUT2D eigenvalue weighted by atomic mass is 9.76. The number of ether oxygens (including phenoxy) is 3. The molecular formula is C20H25NO6. The van der Waals surface area contributed by atoms with Crippen LogP contribution in [0.15, 0.2) is 43.0 Å². The molecule has 1 N–H and O–H groups in total. The van der Waals surface area contributed by atoms with E-state index in [2.05, 4.69) is 11.9 Å². The minimum atomic E-state index is -1.48. The van der Waals surface area contributed by atoms with Gasteiger partial charge in [-0.15, -0.1) is 6.58 Å². The molecule has 1 aromatic rings. The number of methoxy groups -OCH3 is 2. The van der Waals surface area contributed by atoms with Crippen LogP contribution in [-0.4, -0.2) is 44.3 Å². The van der Waals surface area contributed by atoms with E-state index in [1.165, 1.54) is 20.3 Å². The quantitative estimate of drug-likeness (QED) is 0.441. The highest BCUT2D eigenvalue weighted by molar-refractivity contribution is 5.94. The molecule has 0 amide bonds. The third kappa shape index (κ3) is 3.73. The third-order valence-corrected chi connectivity index (χ3v) is 4.86. The number of nitrogens with one attached hydrogen (secondary N) is 1. The first-order valence-electron chi connectivity index (χ1n) is 8.73. The van der Waals surface area contributed by atoms with E-state index >= 15 is 0 Å². The first-order chi connectivity index (χ1) is 13.0. The number of rotatable bonds is 7. The Balaban J connectivity index is 2.67. The molecule has 0 unspecified atom stereocenters. The van der Waals surface area contributed by atoms with E-state index in [4.69, 9.17) is 14.2 Å². The molecule has 1 aliphatic heterocycles. The van der Waals surface area contributed by atoms with Gasteiger partial charge in [0.1, 0.15) is 11.5 Å². The van der Waals surface area contributed by atoms with Crippen molar-refractivity contribution in [1.29, 1.82) is 0 Å². The van der Waals surface area contributed by atoms with E-state index in [-0.39, 0.29) is 13.0 Å². The van der Waals surface area contributed by atoms with Crippen molar-refractivity contribution in [3.8, 4) is 0 Å². The predicted octanol–water partition coefficient (Wildman–Crippen LogP) is 1.79. The average molecular weight is 375 g/mol. The van der Waals surface area contributed by atoms with Crippen LogP contribution in [0.3, 0.4) is 0 Å². The number of esters is 3. The van der Waals surface area contributed by atoms with Crippen molar-refractivity contribution < 1.29 is 28.6 Å². The second-order valence-electron chi connectivity index (χ2n) is 6.27. The van der Waals surface area contributed by atoms with Gasteiger partial charge < -0.3 is 14.2 Å². The van der Waals surface area contributed by atoms with Crippen LogP contribution in [0.25, 0.3) is 0 Å². The first-order valence-corrected chi connectivity index (χ1v) is 8.73. The maximum Gasteiger partial charge on any atom is 0.327 e. The fraction of sp³-hybridized carbons (Fsp3) is 0.450. The van der Waals surface area contributed by atoms with Gasteiger partial charge in [0.2, 0.25) is 0 Å². The largest absolute Gasteiger partial charge is 0.469 e. The fourth-order valence-corrected chi connectivity index (χ4v) is 3.73. The van der Waals surface area contributed by atoms with Crippen molar-refractivity contribution in [3.05, 3.63) is 48.6 Å². The van der Waals surface area contributed by atoms with Crippen molar-refractivity contribution in [1.82, 2.24) is 5.32 Å². The van der Waals surface area contributed by atoms with Gasteiger partial charge in [0, 0.05) is 6.04 Å². The van der Waals surface area contributed by atoms with Gasteiger partial charge in [0.05, 0.1) is 26.7 Å². The summed E-state index contributed by atoms with van der Waals surface area (Å²) >= 11 is 0. The van der Waals surface area contributed by atoms with Gasteiger partial charge in [-0.2, -0.15) is 0 Å². The molecule has 1 aromatic carbocycles. The summed E-state index contributed by atoms with van der Waals surface area (Å²) in [6.07, 6.45) is 1.60. The van der Waals surface area contributed by atoms with E-state index < -0.39 is 41.3 Å². The Morgan fingerprint density at radius 3 is 2.30 bits per heavy atom.